The monoisotopic (exact) mass is 255 g/mol. The number of imidazole rings is 1. The molecule has 1 aromatic heterocycles. The van der Waals surface area contributed by atoms with Gasteiger partial charge in [-0.1, -0.05) is 0 Å². The molecule has 0 bridgehead atoms. The molecule has 0 radical (unpaired) electrons. The van der Waals surface area contributed by atoms with E-state index in [0.29, 0.717) is 6.42 Å². The Hall–Kier alpha value is -0.970. The first kappa shape index (κ1) is 12.1. The lowest BCUT2D eigenvalue weighted by Gasteiger charge is -2.18. The quantitative estimate of drug-likeness (QED) is 0.835. The molecular weight excluding hydrogens is 236 g/mol. The summed E-state index contributed by atoms with van der Waals surface area (Å²) in [7, 11) is 1.95. The van der Waals surface area contributed by atoms with Crippen LogP contribution in [-0.4, -0.2) is 21.5 Å². The van der Waals surface area contributed by atoms with Crippen molar-refractivity contribution in [3.8, 4) is 0 Å². The summed E-state index contributed by atoms with van der Waals surface area (Å²) in [5.41, 5.74) is 8.16. The van der Waals surface area contributed by atoms with Crippen LogP contribution >= 0.6 is 0 Å². The first-order valence-electron chi connectivity index (χ1n) is 6.64. The van der Waals surface area contributed by atoms with Crippen LogP contribution in [0.1, 0.15) is 48.8 Å². The van der Waals surface area contributed by atoms with Gasteiger partial charge in [-0.25, -0.2) is 13.8 Å². The summed E-state index contributed by atoms with van der Waals surface area (Å²) in [5.74, 6) is -1.76. The number of hydrogen-bond acceptors (Lipinski definition) is 2. The Morgan fingerprint density at radius 3 is 2.83 bits per heavy atom. The van der Waals surface area contributed by atoms with Gasteiger partial charge in [0.15, 0.2) is 0 Å². The maximum absolute atomic E-state index is 13.3. The highest BCUT2D eigenvalue weighted by molar-refractivity contribution is 5.24. The standard InChI is InChI=1S/C13H19F2N3/c1-18-11-3-2-9(16)6-10(11)17-12(18)8-4-5-13(14,15)7-8/h8-9H,2-7,16H2,1H3. The van der Waals surface area contributed by atoms with Gasteiger partial charge in [0, 0.05) is 44.0 Å². The van der Waals surface area contributed by atoms with E-state index in [2.05, 4.69) is 4.98 Å². The number of aromatic nitrogens is 2. The second-order valence-electron chi connectivity index (χ2n) is 5.72. The number of alkyl halides is 2. The van der Waals surface area contributed by atoms with Crippen molar-refractivity contribution in [3.05, 3.63) is 17.2 Å². The van der Waals surface area contributed by atoms with Crippen molar-refractivity contribution >= 4 is 0 Å². The Morgan fingerprint density at radius 1 is 1.39 bits per heavy atom. The summed E-state index contributed by atoms with van der Waals surface area (Å²) in [6.45, 7) is 0. The van der Waals surface area contributed by atoms with Gasteiger partial charge in [0.05, 0.1) is 5.69 Å². The number of hydrogen-bond donors (Lipinski definition) is 1. The molecule has 3 nitrogen and oxygen atoms in total. The molecule has 3 rings (SSSR count). The van der Waals surface area contributed by atoms with Crippen LogP contribution < -0.4 is 5.73 Å². The van der Waals surface area contributed by atoms with Gasteiger partial charge in [-0.05, 0) is 19.3 Å². The molecule has 0 saturated heterocycles. The molecule has 18 heavy (non-hydrogen) atoms. The van der Waals surface area contributed by atoms with E-state index in [1.807, 2.05) is 11.6 Å². The Morgan fingerprint density at radius 2 is 2.17 bits per heavy atom. The zero-order valence-electron chi connectivity index (χ0n) is 10.6. The third-order valence-corrected chi connectivity index (χ3v) is 4.31. The first-order chi connectivity index (χ1) is 8.46. The number of rotatable bonds is 1. The Labute approximate surface area is 105 Å². The van der Waals surface area contributed by atoms with Crippen LogP contribution in [0.15, 0.2) is 0 Å². The van der Waals surface area contributed by atoms with Crippen molar-refractivity contribution in [1.29, 1.82) is 0 Å². The molecule has 0 spiro atoms. The third-order valence-electron chi connectivity index (χ3n) is 4.31. The number of nitrogens with two attached hydrogens (primary N) is 1. The van der Waals surface area contributed by atoms with E-state index in [4.69, 9.17) is 5.73 Å². The number of nitrogens with zero attached hydrogens (tertiary/aromatic N) is 2. The van der Waals surface area contributed by atoms with Crippen LogP contribution in [0, 0.1) is 0 Å². The van der Waals surface area contributed by atoms with Gasteiger partial charge in [-0.15, -0.1) is 0 Å². The third kappa shape index (κ3) is 1.94. The van der Waals surface area contributed by atoms with Crippen molar-refractivity contribution < 1.29 is 8.78 Å². The first-order valence-corrected chi connectivity index (χ1v) is 6.64. The fourth-order valence-corrected chi connectivity index (χ4v) is 3.29. The second-order valence-corrected chi connectivity index (χ2v) is 5.72. The van der Waals surface area contributed by atoms with Crippen LogP contribution in [0.25, 0.3) is 0 Å². The fourth-order valence-electron chi connectivity index (χ4n) is 3.29. The summed E-state index contributed by atoms with van der Waals surface area (Å²) in [4.78, 5) is 4.60. The van der Waals surface area contributed by atoms with Crippen LogP contribution in [0.3, 0.4) is 0 Å². The average molecular weight is 255 g/mol. The molecule has 1 saturated carbocycles. The van der Waals surface area contributed by atoms with Crippen LogP contribution in [0.5, 0.6) is 0 Å². The highest BCUT2D eigenvalue weighted by atomic mass is 19.3. The summed E-state index contributed by atoms with van der Waals surface area (Å²) in [6.07, 6.45) is 3.16. The lowest BCUT2D eigenvalue weighted by atomic mass is 9.97. The van der Waals surface area contributed by atoms with Crippen molar-refractivity contribution in [2.75, 3.05) is 0 Å². The lowest BCUT2D eigenvalue weighted by Crippen LogP contribution is -2.28. The van der Waals surface area contributed by atoms with Crippen LogP contribution in [0.2, 0.25) is 0 Å². The largest absolute Gasteiger partial charge is 0.335 e. The Balaban J connectivity index is 1.90. The molecule has 5 heteroatoms. The summed E-state index contributed by atoms with van der Waals surface area (Å²) < 4.78 is 28.6. The predicted octanol–water partition coefficient (Wildman–Crippen LogP) is 2.14. The van der Waals surface area contributed by atoms with Crippen molar-refractivity contribution in [2.45, 2.75) is 56.4 Å². The van der Waals surface area contributed by atoms with Crippen LogP contribution in [0.4, 0.5) is 8.78 Å². The highest BCUT2D eigenvalue weighted by Crippen LogP contribution is 2.44. The molecule has 1 aromatic rings. The molecule has 2 aliphatic carbocycles. The Kier molecular flexibility index (Phi) is 2.70. The number of halogens is 2. The Bertz CT molecular complexity index is 467. The maximum Gasteiger partial charge on any atom is 0.248 e. The van der Waals surface area contributed by atoms with Gasteiger partial charge in [-0.2, -0.15) is 0 Å². The molecule has 2 N–H and O–H groups in total. The molecule has 100 valence electrons. The molecule has 2 atom stereocenters. The zero-order chi connectivity index (χ0) is 12.9. The van der Waals surface area contributed by atoms with E-state index < -0.39 is 5.92 Å². The topological polar surface area (TPSA) is 43.8 Å². The van der Waals surface area contributed by atoms with E-state index in [0.717, 1.165) is 30.8 Å². The normalized spacial score (nSPS) is 30.4. The molecule has 2 unspecified atom stereocenters. The lowest BCUT2D eigenvalue weighted by molar-refractivity contribution is 0.00747. The van der Waals surface area contributed by atoms with Gasteiger partial charge in [0.25, 0.3) is 0 Å². The predicted molar refractivity (Wildman–Crippen MR) is 64.7 cm³/mol. The average Bonchev–Trinajstić information content (AvgIpc) is 2.80. The maximum atomic E-state index is 13.3. The van der Waals surface area contributed by atoms with Gasteiger partial charge >= 0.3 is 0 Å². The van der Waals surface area contributed by atoms with Gasteiger partial charge in [0.2, 0.25) is 5.92 Å². The summed E-state index contributed by atoms with van der Waals surface area (Å²) in [6, 6.07) is 0.172. The van der Waals surface area contributed by atoms with Gasteiger partial charge in [-0.3, -0.25) is 0 Å². The minimum Gasteiger partial charge on any atom is -0.335 e. The van der Waals surface area contributed by atoms with E-state index in [9.17, 15) is 8.78 Å². The minimum atomic E-state index is -2.51. The van der Waals surface area contributed by atoms with E-state index in [1.54, 1.807) is 0 Å². The fraction of sp³-hybridized carbons (Fsp3) is 0.769. The SMILES string of the molecule is Cn1c(C2CCC(F)(F)C2)nc2c1CCC(N)C2. The molecule has 2 aliphatic rings. The molecule has 0 aliphatic heterocycles. The molecule has 0 aromatic carbocycles. The molecule has 0 amide bonds. The smallest absolute Gasteiger partial charge is 0.248 e. The van der Waals surface area contributed by atoms with Gasteiger partial charge in [0.1, 0.15) is 5.82 Å². The van der Waals surface area contributed by atoms with Crippen LogP contribution in [-0.2, 0) is 19.9 Å². The van der Waals surface area contributed by atoms with E-state index in [1.165, 1.54) is 5.69 Å². The molecule has 1 heterocycles. The highest BCUT2D eigenvalue weighted by Gasteiger charge is 2.42. The van der Waals surface area contributed by atoms with E-state index >= 15 is 0 Å². The molecule has 1 fully saturated rings. The van der Waals surface area contributed by atoms with Gasteiger partial charge < -0.3 is 10.3 Å². The van der Waals surface area contributed by atoms with Crippen molar-refractivity contribution in [1.82, 2.24) is 9.55 Å². The minimum absolute atomic E-state index is 0.00525. The second kappa shape index (κ2) is 4.02. The summed E-state index contributed by atoms with van der Waals surface area (Å²) in [5, 5.41) is 0. The summed E-state index contributed by atoms with van der Waals surface area (Å²) >= 11 is 0. The zero-order valence-corrected chi connectivity index (χ0v) is 10.6. The van der Waals surface area contributed by atoms with E-state index in [-0.39, 0.29) is 24.8 Å². The molecular formula is C13H19F2N3. The van der Waals surface area contributed by atoms with Crippen molar-refractivity contribution in [3.63, 3.8) is 0 Å². The van der Waals surface area contributed by atoms with Crippen molar-refractivity contribution in [2.24, 2.45) is 12.8 Å². The number of fused-ring (bicyclic) bond motifs is 1.